The average molecular weight is 394 g/mol. The van der Waals surface area contributed by atoms with Gasteiger partial charge in [0.2, 0.25) is 0 Å². The minimum Gasteiger partial charge on any atom is -0.252 e. The van der Waals surface area contributed by atoms with Crippen LogP contribution in [0.25, 0.3) is 11.5 Å². The third-order valence-corrected chi connectivity index (χ3v) is 2.90. The van der Waals surface area contributed by atoms with E-state index in [1.165, 1.54) is 0 Å². The number of rotatable bonds is 1. The molecule has 0 aliphatic carbocycles. The zero-order valence-corrected chi connectivity index (χ0v) is 12.0. The van der Waals surface area contributed by atoms with E-state index in [-0.39, 0.29) is 0 Å². The van der Waals surface area contributed by atoms with Crippen molar-refractivity contribution in [1.29, 1.82) is 0 Å². The van der Waals surface area contributed by atoms with Crippen LogP contribution in [0, 0.1) is 0 Å². The Labute approximate surface area is 112 Å². The Hall–Kier alpha value is -0.330. The van der Waals surface area contributed by atoms with Gasteiger partial charge in [-0.15, -0.1) is 0 Å². The van der Waals surface area contributed by atoms with Gasteiger partial charge in [-0.2, -0.15) is 0 Å². The Kier molecular flexibility index (Phi) is 3.48. The standard InChI is InChI=1S/C9H4Br3N3/c10-5-1-2-6(13-4-5)9-14-7(11)3-8(12)15-9/h1-4H. The minimum absolute atomic E-state index is 0.587. The van der Waals surface area contributed by atoms with Gasteiger partial charge in [0.05, 0.1) is 0 Å². The largest absolute Gasteiger partial charge is 0.252 e. The van der Waals surface area contributed by atoms with E-state index in [2.05, 4.69) is 62.7 Å². The van der Waals surface area contributed by atoms with Gasteiger partial charge in [0.1, 0.15) is 14.9 Å². The molecule has 15 heavy (non-hydrogen) atoms. The first-order valence-electron chi connectivity index (χ1n) is 3.97. The van der Waals surface area contributed by atoms with E-state index in [0.717, 1.165) is 19.4 Å². The number of hydrogen-bond donors (Lipinski definition) is 0. The van der Waals surface area contributed by atoms with Crippen molar-refractivity contribution in [2.45, 2.75) is 0 Å². The lowest BCUT2D eigenvalue weighted by Gasteiger charge is -2.00. The summed E-state index contributed by atoms with van der Waals surface area (Å²) < 4.78 is 2.38. The number of hydrogen-bond acceptors (Lipinski definition) is 3. The first kappa shape index (κ1) is 11.2. The number of pyridine rings is 1. The highest BCUT2D eigenvalue weighted by Crippen LogP contribution is 2.20. The third-order valence-electron chi connectivity index (χ3n) is 1.62. The summed E-state index contributed by atoms with van der Waals surface area (Å²) in [6.45, 7) is 0. The Morgan fingerprint density at radius 2 is 1.60 bits per heavy atom. The predicted molar refractivity (Wildman–Crippen MR) is 68.4 cm³/mol. The minimum atomic E-state index is 0.587. The molecule has 0 saturated carbocycles. The Morgan fingerprint density at radius 1 is 0.933 bits per heavy atom. The molecule has 0 bridgehead atoms. The monoisotopic (exact) mass is 391 g/mol. The molecule has 0 amide bonds. The second-order valence-electron chi connectivity index (χ2n) is 2.70. The van der Waals surface area contributed by atoms with E-state index < -0.39 is 0 Å². The van der Waals surface area contributed by atoms with Gasteiger partial charge < -0.3 is 0 Å². The fourth-order valence-electron chi connectivity index (χ4n) is 1.01. The normalized spacial score (nSPS) is 10.3. The maximum Gasteiger partial charge on any atom is 0.180 e. The van der Waals surface area contributed by atoms with Crippen molar-refractivity contribution in [2.75, 3.05) is 0 Å². The van der Waals surface area contributed by atoms with Crippen molar-refractivity contribution in [3.8, 4) is 11.5 Å². The van der Waals surface area contributed by atoms with Crippen LogP contribution in [-0.2, 0) is 0 Å². The van der Waals surface area contributed by atoms with Gasteiger partial charge in [-0.05, 0) is 59.9 Å². The lowest BCUT2D eigenvalue weighted by molar-refractivity contribution is 1.09. The molecule has 0 radical (unpaired) electrons. The van der Waals surface area contributed by atoms with Crippen LogP contribution in [0.5, 0.6) is 0 Å². The molecule has 0 aliphatic heterocycles. The summed E-state index contributed by atoms with van der Waals surface area (Å²) in [5.41, 5.74) is 0.736. The van der Waals surface area contributed by atoms with Gasteiger partial charge in [0.15, 0.2) is 5.82 Å². The molecule has 0 aliphatic rings. The lowest BCUT2D eigenvalue weighted by atomic mass is 10.3. The van der Waals surface area contributed by atoms with Crippen LogP contribution < -0.4 is 0 Å². The van der Waals surface area contributed by atoms with Crippen LogP contribution in [-0.4, -0.2) is 15.0 Å². The van der Waals surface area contributed by atoms with Crippen molar-refractivity contribution >= 4 is 47.8 Å². The van der Waals surface area contributed by atoms with Gasteiger partial charge >= 0.3 is 0 Å². The molecule has 6 heteroatoms. The molecule has 2 rings (SSSR count). The molecule has 0 fully saturated rings. The molecule has 0 N–H and O–H groups in total. The van der Waals surface area contributed by atoms with Gasteiger partial charge in [-0.25, -0.2) is 9.97 Å². The summed E-state index contributed by atoms with van der Waals surface area (Å²) in [5, 5.41) is 0. The summed E-state index contributed by atoms with van der Waals surface area (Å²) in [7, 11) is 0. The number of nitrogens with zero attached hydrogens (tertiary/aromatic N) is 3. The molecular weight excluding hydrogens is 390 g/mol. The Balaban J connectivity index is 2.49. The molecule has 0 saturated heterocycles. The van der Waals surface area contributed by atoms with Crippen LogP contribution in [0.15, 0.2) is 38.1 Å². The SMILES string of the molecule is Brc1ccc(-c2nc(Br)cc(Br)n2)nc1. The van der Waals surface area contributed by atoms with Crippen molar-refractivity contribution in [3.05, 3.63) is 38.1 Å². The van der Waals surface area contributed by atoms with Crippen molar-refractivity contribution < 1.29 is 0 Å². The van der Waals surface area contributed by atoms with E-state index in [1.54, 1.807) is 12.3 Å². The van der Waals surface area contributed by atoms with E-state index in [1.807, 2.05) is 12.1 Å². The molecule has 0 aromatic carbocycles. The fourth-order valence-corrected chi connectivity index (χ4v) is 2.32. The molecule has 2 aromatic rings. The van der Waals surface area contributed by atoms with Crippen LogP contribution in [0.4, 0.5) is 0 Å². The highest BCUT2D eigenvalue weighted by Gasteiger charge is 2.05. The molecule has 0 atom stereocenters. The Morgan fingerprint density at radius 3 is 2.13 bits per heavy atom. The molecule has 2 heterocycles. The maximum atomic E-state index is 4.23. The second-order valence-corrected chi connectivity index (χ2v) is 5.24. The Bertz CT molecular complexity index is 464. The quantitative estimate of drug-likeness (QED) is 0.691. The zero-order chi connectivity index (χ0) is 10.8. The number of aromatic nitrogens is 3. The van der Waals surface area contributed by atoms with Gasteiger partial charge in [0, 0.05) is 16.7 Å². The molecule has 76 valence electrons. The van der Waals surface area contributed by atoms with E-state index in [0.29, 0.717) is 5.82 Å². The smallest absolute Gasteiger partial charge is 0.180 e. The number of halogens is 3. The lowest BCUT2D eigenvalue weighted by Crippen LogP contribution is -1.92. The fraction of sp³-hybridized carbons (Fsp3) is 0. The van der Waals surface area contributed by atoms with Crippen molar-refractivity contribution in [3.63, 3.8) is 0 Å². The maximum absolute atomic E-state index is 4.23. The van der Waals surface area contributed by atoms with E-state index >= 15 is 0 Å². The summed E-state index contributed by atoms with van der Waals surface area (Å²) in [4.78, 5) is 12.7. The molecule has 0 unspecified atom stereocenters. The molecule has 2 aromatic heterocycles. The first-order valence-corrected chi connectivity index (χ1v) is 6.35. The van der Waals surface area contributed by atoms with Crippen molar-refractivity contribution in [2.24, 2.45) is 0 Å². The molecular formula is C9H4Br3N3. The first-order chi connectivity index (χ1) is 7.15. The summed E-state index contributed by atoms with van der Waals surface area (Å²) >= 11 is 9.94. The second kappa shape index (κ2) is 4.67. The topological polar surface area (TPSA) is 38.7 Å². The molecule has 3 nitrogen and oxygen atoms in total. The highest BCUT2D eigenvalue weighted by molar-refractivity contribution is 9.11. The summed E-state index contributed by atoms with van der Waals surface area (Å²) in [6, 6.07) is 5.54. The highest BCUT2D eigenvalue weighted by atomic mass is 79.9. The van der Waals surface area contributed by atoms with Crippen molar-refractivity contribution in [1.82, 2.24) is 15.0 Å². The van der Waals surface area contributed by atoms with Gasteiger partial charge in [-0.3, -0.25) is 4.98 Å². The summed E-state index contributed by atoms with van der Waals surface area (Å²) in [6.07, 6.45) is 1.72. The van der Waals surface area contributed by atoms with Crippen LogP contribution >= 0.6 is 47.8 Å². The third kappa shape index (κ3) is 2.83. The van der Waals surface area contributed by atoms with Gasteiger partial charge in [-0.1, -0.05) is 0 Å². The molecule has 0 spiro atoms. The van der Waals surface area contributed by atoms with Crippen LogP contribution in [0.3, 0.4) is 0 Å². The van der Waals surface area contributed by atoms with E-state index in [4.69, 9.17) is 0 Å². The van der Waals surface area contributed by atoms with Crippen LogP contribution in [0.1, 0.15) is 0 Å². The summed E-state index contributed by atoms with van der Waals surface area (Å²) in [5.74, 6) is 0.587. The van der Waals surface area contributed by atoms with Gasteiger partial charge in [0.25, 0.3) is 0 Å². The predicted octanol–water partition coefficient (Wildman–Crippen LogP) is 3.83. The van der Waals surface area contributed by atoms with Crippen LogP contribution in [0.2, 0.25) is 0 Å². The van der Waals surface area contributed by atoms with E-state index in [9.17, 15) is 0 Å². The average Bonchev–Trinajstić information content (AvgIpc) is 2.17. The zero-order valence-electron chi connectivity index (χ0n) is 7.28.